The fraction of sp³-hybridized carbons (Fsp3) is 0.765. The lowest BCUT2D eigenvalue weighted by Gasteiger charge is -2.34. The number of hydrogen-bond donors (Lipinski definition) is 2. The zero-order chi connectivity index (χ0) is 16.8. The molecule has 1 unspecified atom stereocenters. The number of anilines is 1. The maximum Gasteiger partial charge on any atom is 0.191 e. The van der Waals surface area contributed by atoms with Crippen LogP contribution in [0.25, 0.3) is 0 Å². The van der Waals surface area contributed by atoms with Crippen molar-refractivity contribution in [3.63, 3.8) is 0 Å². The Morgan fingerprint density at radius 3 is 2.92 bits per heavy atom. The molecule has 24 heavy (non-hydrogen) atoms. The maximum absolute atomic E-state index is 4.42. The van der Waals surface area contributed by atoms with Gasteiger partial charge >= 0.3 is 0 Å². The van der Waals surface area contributed by atoms with E-state index in [-0.39, 0.29) is 0 Å². The van der Waals surface area contributed by atoms with Crippen LogP contribution in [-0.2, 0) is 7.05 Å². The van der Waals surface area contributed by atoms with E-state index in [0.29, 0.717) is 6.04 Å². The normalized spacial score (nSPS) is 23.3. The quantitative estimate of drug-likeness (QED) is 0.639. The van der Waals surface area contributed by atoms with Gasteiger partial charge in [-0.1, -0.05) is 0 Å². The van der Waals surface area contributed by atoms with Crippen LogP contribution in [0.1, 0.15) is 25.7 Å². The predicted molar refractivity (Wildman–Crippen MR) is 103 cm³/mol. The van der Waals surface area contributed by atoms with Crippen LogP contribution >= 0.6 is 11.8 Å². The summed E-state index contributed by atoms with van der Waals surface area (Å²) in [5.41, 5.74) is 1.21. The molecule has 2 aliphatic rings. The zero-order valence-electron chi connectivity index (χ0n) is 14.9. The van der Waals surface area contributed by atoms with E-state index >= 15 is 0 Å². The molecule has 1 aromatic heterocycles. The molecule has 134 valence electrons. The van der Waals surface area contributed by atoms with Crippen molar-refractivity contribution < 1.29 is 0 Å². The number of nitrogens with one attached hydrogen (secondary N) is 2. The lowest BCUT2D eigenvalue weighted by Crippen LogP contribution is -2.51. The van der Waals surface area contributed by atoms with Gasteiger partial charge in [0.05, 0.1) is 11.9 Å². The van der Waals surface area contributed by atoms with Gasteiger partial charge in [-0.2, -0.15) is 16.9 Å². The van der Waals surface area contributed by atoms with Crippen molar-refractivity contribution in [1.82, 2.24) is 20.4 Å². The first-order chi connectivity index (χ1) is 11.7. The molecule has 2 N–H and O–H groups in total. The highest BCUT2D eigenvalue weighted by Crippen LogP contribution is 2.22. The first-order valence-electron chi connectivity index (χ1n) is 9.03. The first kappa shape index (κ1) is 17.5. The van der Waals surface area contributed by atoms with Crippen LogP contribution in [-0.4, -0.2) is 60.0 Å². The highest BCUT2D eigenvalue weighted by molar-refractivity contribution is 7.99. The van der Waals surface area contributed by atoms with Gasteiger partial charge in [0, 0.05) is 46.0 Å². The summed E-state index contributed by atoms with van der Waals surface area (Å²) in [5.74, 6) is 4.36. The molecule has 0 radical (unpaired) electrons. The number of aliphatic imine (C=N–C) groups is 1. The molecule has 2 saturated heterocycles. The van der Waals surface area contributed by atoms with Crippen molar-refractivity contribution in [2.75, 3.05) is 43.1 Å². The van der Waals surface area contributed by atoms with Crippen molar-refractivity contribution in [3.05, 3.63) is 12.4 Å². The molecule has 1 atom stereocenters. The van der Waals surface area contributed by atoms with Crippen molar-refractivity contribution in [2.45, 2.75) is 31.7 Å². The summed E-state index contributed by atoms with van der Waals surface area (Å²) in [4.78, 5) is 6.84. The summed E-state index contributed by atoms with van der Waals surface area (Å²) in [7, 11) is 3.84. The van der Waals surface area contributed by atoms with Gasteiger partial charge in [-0.15, -0.1) is 0 Å². The van der Waals surface area contributed by atoms with Crippen LogP contribution in [0.5, 0.6) is 0 Å². The molecule has 3 heterocycles. The van der Waals surface area contributed by atoms with E-state index in [2.05, 4.69) is 43.6 Å². The van der Waals surface area contributed by atoms with Crippen LogP contribution in [0.15, 0.2) is 17.4 Å². The Balaban J connectivity index is 1.48. The molecule has 0 amide bonds. The van der Waals surface area contributed by atoms with Gasteiger partial charge in [-0.05, 0) is 43.1 Å². The number of nitrogens with zero attached hydrogens (tertiary/aromatic N) is 4. The van der Waals surface area contributed by atoms with E-state index in [1.54, 1.807) is 0 Å². The molecular weight excluding hydrogens is 320 g/mol. The predicted octanol–water partition coefficient (Wildman–Crippen LogP) is 1.70. The van der Waals surface area contributed by atoms with E-state index in [9.17, 15) is 0 Å². The molecule has 0 saturated carbocycles. The van der Waals surface area contributed by atoms with Crippen LogP contribution in [0.3, 0.4) is 0 Å². The largest absolute Gasteiger partial charge is 0.367 e. The fourth-order valence-electron chi connectivity index (χ4n) is 3.48. The highest BCUT2D eigenvalue weighted by atomic mass is 32.2. The van der Waals surface area contributed by atoms with Gasteiger partial charge in [-0.3, -0.25) is 9.67 Å². The smallest absolute Gasteiger partial charge is 0.191 e. The van der Waals surface area contributed by atoms with Gasteiger partial charge in [0.15, 0.2) is 5.96 Å². The Morgan fingerprint density at radius 2 is 2.21 bits per heavy atom. The van der Waals surface area contributed by atoms with Gasteiger partial charge in [0.25, 0.3) is 0 Å². The van der Waals surface area contributed by atoms with Crippen LogP contribution < -0.4 is 15.5 Å². The number of rotatable bonds is 4. The average molecular weight is 351 g/mol. The lowest BCUT2D eigenvalue weighted by molar-refractivity contribution is 0.453. The van der Waals surface area contributed by atoms with Gasteiger partial charge in [0.1, 0.15) is 0 Å². The molecular formula is C17H30N6S. The monoisotopic (exact) mass is 350 g/mol. The minimum atomic E-state index is 0.437. The first-order valence-corrected chi connectivity index (χ1v) is 10.2. The minimum absolute atomic E-state index is 0.437. The van der Waals surface area contributed by atoms with Gasteiger partial charge in [-0.25, -0.2) is 0 Å². The summed E-state index contributed by atoms with van der Waals surface area (Å²) in [6.07, 6.45) is 9.09. The maximum atomic E-state index is 4.42. The molecule has 0 aromatic carbocycles. The molecule has 3 rings (SSSR count). The molecule has 2 fully saturated rings. The number of guanidine groups is 1. The van der Waals surface area contributed by atoms with E-state index in [1.807, 2.05) is 25.0 Å². The molecule has 2 aliphatic heterocycles. The Bertz CT molecular complexity index is 537. The van der Waals surface area contributed by atoms with Crippen molar-refractivity contribution >= 4 is 23.4 Å². The second-order valence-corrected chi connectivity index (χ2v) is 8.04. The Morgan fingerprint density at radius 1 is 1.38 bits per heavy atom. The zero-order valence-corrected chi connectivity index (χ0v) is 15.7. The van der Waals surface area contributed by atoms with E-state index in [1.165, 1.54) is 42.9 Å². The second kappa shape index (κ2) is 8.65. The Labute approximate surface area is 149 Å². The van der Waals surface area contributed by atoms with Crippen molar-refractivity contribution in [1.29, 1.82) is 0 Å². The highest BCUT2D eigenvalue weighted by Gasteiger charge is 2.22. The van der Waals surface area contributed by atoms with Crippen molar-refractivity contribution in [3.8, 4) is 0 Å². The fourth-order valence-corrected chi connectivity index (χ4v) is 4.68. The third-order valence-electron chi connectivity index (χ3n) is 4.94. The van der Waals surface area contributed by atoms with E-state index in [0.717, 1.165) is 31.5 Å². The van der Waals surface area contributed by atoms with Gasteiger partial charge < -0.3 is 15.5 Å². The summed E-state index contributed by atoms with van der Waals surface area (Å²) in [6.45, 7) is 3.15. The van der Waals surface area contributed by atoms with Crippen LogP contribution in [0, 0.1) is 5.92 Å². The van der Waals surface area contributed by atoms with Crippen molar-refractivity contribution in [2.24, 2.45) is 18.0 Å². The van der Waals surface area contributed by atoms with Gasteiger partial charge in [0.2, 0.25) is 0 Å². The third-order valence-corrected chi connectivity index (χ3v) is 5.99. The minimum Gasteiger partial charge on any atom is -0.367 e. The van der Waals surface area contributed by atoms with E-state index in [4.69, 9.17) is 0 Å². The number of aromatic nitrogens is 2. The van der Waals surface area contributed by atoms with E-state index < -0.39 is 0 Å². The number of hydrogen-bond acceptors (Lipinski definition) is 4. The van der Waals surface area contributed by atoms with Crippen LogP contribution in [0.2, 0.25) is 0 Å². The number of aryl methyl sites for hydroxylation is 1. The lowest BCUT2D eigenvalue weighted by atomic mass is 10.0. The number of piperidine rings is 1. The topological polar surface area (TPSA) is 57.5 Å². The molecule has 0 spiro atoms. The standard InChI is InChI=1S/C17H30N6S/c1-18-17(19-10-14-5-8-24-9-6-14)21-15-4-3-7-23(12-15)16-11-20-22(2)13-16/h11,13-15H,3-10,12H2,1-2H3,(H2,18,19,21). The molecule has 0 aliphatic carbocycles. The van der Waals surface area contributed by atoms with Crippen LogP contribution in [0.4, 0.5) is 5.69 Å². The number of thioether (sulfide) groups is 1. The molecule has 0 bridgehead atoms. The SMILES string of the molecule is CN=C(NCC1CCSCC1)NC1CCCN(c2cnn(C)c2)C1. The third kappa shape index (κ3) is 4.82. The Hall–Kier alpha value is -1.37. The summed E-state index contributed by atoms with van der Waals surface area (Å²) in [5, 5.41) is 11.4. The molecule has 6 nitrogen and oxygen atoms in total. The molecule has 1 aromatic rings. The second-order valence-electron chi connectivity index (χ2n) is 6.81. The molecule has 7 heteroatoms. The summed E-state index contributed by atoms with van der Waals surface area (Å²) < 4.78 is 1.87. The summed E-state index contributed by atoms with van der Waals surface area (Å²) >= 11 is 2.08. The summed E-state index contributed by atoms with van der Waals surface area (Å²) in [6, 6.07) is 0.437. The average Bonchev–Trinajstić information content (AvgIpc) is 3.06. The Kier molecular flexibility index (Phi) is 6.29.